The molecule has 3 heteroatoms. The van der Waals surface area contributed by atoms with Gasteiger partial charge in [-0.3, -0.25) is 0 Å². The van der Waals surface area contributed by atoms with Crippen molar-refractivity contribution in [2.24, 2.45) is 0 Å². The lowest BCUT2D eigenvalue weighted by Crippen LogP contribution is -1.90. The molecule has 0 unspecified atom stereocenters. The molecule has 1 aromatic rings. The quantitative estimate of drug-likeness (QED) is 0.571. The van der Waals surface area contributed by atoms with Crippen LogP contribution in [0, 0.1) is 0 Å². The second-order valence-electron chi connectivity index (χ2n) is 3.67. The Kier molecular flexibility index (Phi) is 5.93. The second kappa shape index (κ2) is 6.97. The monoisotopic (exact) mass is 302 g/mol. The first kappa shape index (κ1) is 13.6. The molecule has 16 heavy (non-hydrogen) atoms. The minimum absolute atomic E-state index is 0.684. The molecule has 0 amide bonds. The van der Waals surface area contributed by atoms with Crippen molar-refractivity contribution in [3.63, 3.8) is 0 Å². The van der Waals surface area contributed by atoms with E-state index in [4.69, 9.17) is 16.3 Å². The second-order valence-corrected chi connectivity index (χ2v) is 4.91. The van der Waals surface area contributed by atoms with Gasteiger partial charge in [-0.15, -0.1) is 11.6 Å². The lowest BCUT2D eigenvalue weighted by Gasteiger charge is -2.06. The summed E-state index contributed by atoms with van der Waals surface area (Å²) in [5.41, 5.74) is 2.62. The highest BCUT2D eigenvalue weighted by molar-refractivity contribution is 9.10. The molecule has 0 aliphatic rings. The number of benzene rings is 1. The predicted molar refractivity (Wildman–Crippen MR) is 73.5 cm³/mol. The van der Waals surface area contributed by atoms with Crippen LogP contribution in [0.15, 0.2) is 34.3 Å². The van der Waals surface area contributed by atoms with Crippen molar-refractivity contribution in [3.8, 4) is 5.75 Å². The summed E-state index contributed by atoms with van der Waals surface area (Å²) in [6.07, 6.45) is 4.08. The molecule has 0 aliphatic carbocycles. The maximum atomic E-state index is 5.64. The topological polar surface area (TPSA) is 9.23 Å². The van der Waals surface area contributed by atoms with Crippen LogP contribution in [-0.2, 0) is 6.42 Å². The molecule has 0 saturated carbocycles. The molecule has 0 spiro atoms. The normalized spacial score (nSPS) is 11.6. The Morgan fingerprint density at radius 1 is 1.50 bits per heavy atom. The van der Waals surface area contributed by atoms with E-state index in [1.54, 1.807) is 7.11 Å². The van der Waals surface area contributed by atoms with E-state index >= 15 is 0 Å². The third-order valence-electron chi connectivity index (χ3n) is 2.30. The fraction of sp³-hybridized carbons (Fsp3) is 0.385. The maximum Gasteiger partial charge on any atom is 0.133 e. The maximum absolute atomic E-state index is 5.64. The van der Waals surface area contributed by atoms with Crippen molar-refractivity contribution in [1.82, 2.24) is 0 Å². The van der Waals surface area contributed by atoms with Crippen molar-refractivity contribution in [3.05, 3.63) is 39.9 Å². The standard InChI is InChI=1S/C13H16BrClO/c1-10(4-3-7-15)8-11-5-6-13(16-2)12(14)9-11/h4-6,9H,3,7-8H2,1-2H3. The number of hydrogen-bond acceptors (Lipinski definition) is 1. The highest BCUT2D eigenvalue weighted by Gasteiger charge is 2.01. The largest absolute Gasteiger partial charge is 0.496 e. The predicted octanol–water partition coefficient (Wildman–Crippen LogP) is 4.58. The smallest absolute Gasteiger partial charge is 0.133 e. The molecule has 0 atom stereocenters. The van der Waals surface area contributed by atoms with Crippen LogP contribution in [0.5, 0.6) is 5.75 Å². The van der Waals surface area contributed by atoms with Gasteiger partial charge in [-0.05, 0) is 53.4 Å². The van der Waals surface area contributed by atoms with Crippen LogP contribution in [0.2, 0.25) is 0 Å². The van der Waals surface area contributed by atoms with Crippen molar-refractivity contribution in [2.75, 3.05) is 13.0 Å². The zero-order valence-corrected chi connectivity index (χ0v) is 11.9. The van der Waals surface area contributed by atoms with Crippen LogP contribution < -0.4 is 4.74 Å². The van der Waals surface area contributed by atoms with Crippen molar-refractivity contribution in [2.45, 2.75) is 19.8 Å². The summed E-state index contributed by atoms with van der Waals surface area (Å²) in [7, 11) is 1.67. The van der Waals surface area contributed by atoms with Gasteiger partial charge in [-0.1, -0.05) is 17.7 Å². The van der Waals surface area contributed by atoms with E-state index in [1.165, 1.54) is 11.1 Å². The van der Waals surface area contributed by atoms with Crippen LogP contribution in [0.3, 0.4) is 0 Å². The molecular formula is C13H16BrClO. The Balaban J connectivity index is 2.71. The van der Waals surface area contributed by atoms with E-state index in [2.05, 4.69) is 41.1 Å². The SMILES string of the molecule is COc1ccc(CC(C)=CCCCl)cc1Br. The summed E-state index contributed by atoms with van der Waals surface area (Å²) >= 11 is 9.13. The summed E-state index contributed by atoms with van der Waals surface area (Å²) in [4.78, 5) is 0. The molecule has 0 heterocycles. The van der Waals surface area contributed by atoms with Crippen molar-refractivity contribution in [1.29, 1.82) is 0 Å². The summed E-state index contributed by atoms with van der Waals surface area (Å²) in [5.74, 6) is 1.55. The fourth-order valence-electron chi connectivity index (χ4n) is 1.51. The third kappa shape index (κ3) is 4.18. The molecule has 88 valence electrons. The van der Waals surface area contributed by atoms with Gasteiger partial charge >= 0.3 is 0 Å². The molecule has 0 aromatic heterocycles. The van der Waals surface area contributed by atoms with Crippen LogP contribution >= 0.6 is 27.5 Å². The van der Waals surface area contributed by atoms with E-state index in [0.717, 1.165) is 23.1 Å². The van der Waals surface area contributed by atoms with E-state index < -0.39 is 0 Å². The number of methoxy groups -OCH3 is 1. The molecule has 0 bridgehead atoms. The first-order chi connectivity index (χ1) is 7.67. The number of hydrogen-bond donors (Lipinski definition) is 0. The summed E-state index contributed by atoms with van der Waals surface area (Å²) in [6.45, 7) is 2.13. The van der Waals surface area contributed by atoms with Gasteiger partial charge in [0.2, 0.25) is 0 Å². The fourth-order valence-corrected chi connectivity index (χ4v) is 2.21. The van der Waals surface area contributed by atoms with Crippen molar-refractivity contribution < 1.29 is 4.74 Å². The van der Waals surface area contributed by atoms with Crippen LogP contribution in [0.25, 0.3) is 0 Å². The average molecular weight is 304 g/mol. The number of ether oxygens (including phenoxy) is 1. The Labute approximate surface area is 111 Å². The minimum atomic E-state index is 0.684. The highest BCUT2D eigenvalue weighted by atomic mass is 79.9. The number of halogens is 2. The molecule has 0 radical (unpaired) electrons. The van der Waals surface area contributed by atoms with Gasteiger partial charge in [0.05, 0.1) is 11.6 Å². The molecule has 1 rings (SSSR count). The molecule has 0 aliphatic heterocycles. The number of allylic oxidation sites excluding steroid dienone is 2. The van der Waals surface area contributed by atoms with E-state index in [9.17, 15) is 0 Å². The summed E-state index contributed by atoms with van der Waals surface area (Å²) in [6, 6.07) is 6.16. The first-order valence-electron chi connectivity index (χ1n) is 5.21. The van der Waals surface area contributed by atoms with Gasteiger partial charge in [0.15, 0.2) is 0 Å². The Morgan fingerprint density at radius 3 is 2.81 bits per heavy atom. The number of rotatable bonds is 5. The van der Waals surface area contributed by atoms with E-state index in [-0.39, 0.29) is 0 Å². The molecule has 1 nitrogen and oxygen atoms in total. The molecule has 0 saturated heterocycles. The van der Waals surface area contributed by atoms with E-state index in [1.807, 2.05) is 6.07 Å². The zero-order chi connectivity index (χ0) is 12.0. The van der Waals surface area contributed by atoms with Gasteiger partial charge in [-0.25, -0.2) is 0 Å². The molecule has 1 aromatic carbocycles. The van der Waals surface area contributed by atoms with E-state index in [0.29, 0.717) is 5.88 Å². The number of alkyl halides is 1. The first-order valence-corrected chi connectivity index (χ1v) is 6.54. The van der Waals surface area contributed by atoms with Crippen LogP contribution in [0.1, 0.15) is 18.9 Å². The summed E-state index contributed by atoms with van der Waals surface area (Å²) in [5, 5.41) is 0. The molecular weight excluding hydrogens is 287 g/mol. The third-order valence-corrected chi connectivity index (χ3v) is 3.14. The van der Waals surface area contributed by atoms with Gasteiger partial charge in [-0.2, -0.15) is 0 Å². The minimum Gasteiger partial charge on any atom is -0.496 e. The van der Waals surface area contributed by atoms with Crippen LogP contribution in [-0.4, -0.2) is 13.0 Å². The Morgan fingerprint density at radius 2 is 2.25 bits per heavy atom. The highest BCUT2D eigenvalue weighted by Crippen LogP contribution is 2.26. The lowest BCUT2D eigenvalue weighted by molar-refractivity contribution is 0.412. The van der Waals surface area contributed by atoms with Gasteiger partial charge < -0.3 is 4.74 Å². The van der Waals surface area contributed by atoms with Gasteiger partial charge in [0, 0.05) is 5.88 Å². The molecule has 0 fully saturated rings. The molecule has 0 N–H and O–H groups in total. The zero-order valence-electron chi connectivity index (χ0n) is 9.59. The van der Waals surface area contributed by atoms with Gasteiger partial charge in [0.1, 0.15) is 5.75 Å². The Hall–Kier alpha value is -0.470. The van der Waals surface area contributed by atoms with Gasteiger partial charge in [0.25, 0.3) is 0 Å². The Bertz CT molecular complexity index is 374. The average Bonchev–Trinajstić information content (AvgIpc) is 2.26. The summed E-state index contributed by atoms with van der Waals surface area (Å²) < 4.78 is 6.19. The van der Waals surface area contributed by atoms with Crippen molar-refractivity contribution >= 4 is 27.5 Å². The lowest BCUT2D eigenvalue weighted by atomic mass is 10.1. The van der Waals surface area contributed by atoms with Crippen LogP contribution in [0.4, 0.5) is 0 Å².